The van der Waals surface area contributed by atoms with E-state index in [-0.39, 0.29) is 26.2 Å². The van der Waals surface area contributed by atoms with E-state index in [9.17, 15) is 28.8 Å². The van der Waals surface area contributed by atoms with Gasteiger partial charge in [-0.05, 0) is 6.42 Å². The Hall–Kier alpha value is -3.78. The first-order chi connectivity index (χ1) is 15.7. The van der Waals surface area contributed by atoms with Gasteiger partial charge in [-0.3, -0.25) is 0 Å². The van der Waals surface area contributed by atoms with E-state index in [1.807, 2.05) is 0 Å². The number of esters is 3. The van der Waals surface area contributed by atoms with Gasteiger partial charge < -0.3 is 42.6 Å². The highest BCUT2D eigenvalue weighted by atomic mass is 16.8. The molecule has 0 bridgehead atoms. The summed E-state index contributed by atoms with van der Waals surface area (Å²) in [5.41, 5.74) is -1.25. The summed E-state index contributed by atoms with van der Waals surface area (Å²) < 4.78 is 43.1. The van der Waals surface area contributed by atoms with Gasteiger partial charge in [0.15, 0.2) is 0 Å². The molecule has 0 spiro atoms. The summed E-state index contributed by atoms with van der Waals surface area (Å²) in [7, 11) is 0. The highest BCUT2D eigenvalue weighted by Gasteiger charge is 2.41. The monoisotopic (exact) mass is 476 g/mol. The van der Waals surface area contributed by atoms with Crippen molar-refractivity contribution < 1.29 is 71.4 Å². The molecule has 0 N–H and O–H groups in total. The second-order valence-corrected chi connectivity index (χ2v) is 7.18. The van der Waals surface area contributed by atoms with E-state index in [2.05, 4.69) is 28.4 Å². The average Bonchev–Trinajstić information content (AvgIpc) is 3.54. The Morgan fingerprint density at radius 1 is 0.697 bits per heavy atom. The molecule has 3 rings (SSSR count). The van der Waals surface area contributed by atoms with Crippen LogP contribution in [0.4, 0.5) is 14.4 Å². The molecule has 3 aliphatic heterocycles. The molecule has 0 radical (unpaired) electrons. The van der Waals surface area contributed by atoms with Gasteiger partial charge in [-0.2, -0.15) is 0 Å². The van der Waals surface area contributed by atoms with Crippen LogP contribution in [0.15, 0.2) is 0 Å². The fraction of sp³-hybridized carbons (Fsp3) is 0.667. The molecule has 3 aliphatic rings. The summed E-state index contributed by atoms with van der Waals surface area (Å²) >= 11 is 0. The Bertz CT molecular complexity index is 717. The molecule has 0 aromatic rings. The van der Waals surface area contributed by atoms with Crippen molar-refractivity contribution in [3.8, 4) is 0 Å². The molecule has 33 heavy (non-hydrogen) atoms. The lowest BCUT2D eigenvalue weighted by atomic mass is 9.88. The second-order valence-electron chi connectivity index (χ2n) is 7.18. The number of cyclic esters (lactones) is 6. The number of carbonyl (C=O) groups excluding carboxylic acids is 6. The predicted octanol–water partition coefficient (Wildman–Crippen LogP) is -0.381. The Balaban J connectivity index is 1.61. The molecule has 0 saturated carbocycles. The van der Waals surface area contributed by atoms with Crippen molar-refractivity contribution in [2.75, 3.05) is 39.6 Å². The lowest BCUT2D eigenvalue weighted by Gasteiger charge is -2.31. The molecule has 3 atom stereocenters. The third-order valence-corrected chi connectivity index (χ3v) is 4.87. The van der Waals surface area contributed by atoms with E-state index in [1.165, 1.54) is 0 Å². The van der Waals surface area contributed by atoms with E-state index in [0.29, 0.717) is 0 Å². The molecular weight excluding hydrogens is 456 g/mol. The largest absolute Gasteiger partial charge is 0.509 e. The summed E-state index contributed by atoms with van der Waals surface area (Å²) in [5, 5.41) is 0. The molecule has 0 amide bonds. The van der Waals surface area contributed by atoms with Crippen LogP contribution in [0.5, 0.6) is 0 Å². The van der Waals surface area contributed by atoms with Crippen LogP contribution in [0, 0.1) is 5.41 Å². The normalized spacial score (nSPS) is 25.4. The topological polar surface area (TPSA) is 185 Å². The molecule has 0 aromatic heterocycles. The van der Waals surface area contributed by atoms with Gasteiger partial charge in [-0.25, -0.2) is 28.8 Å². The van der Waals surface area contributed by atoms with Crippen LogP contribution in [0.1, 0.15) is 13.3 Å². The lowest BCUT2D eigenvalue weighted by molar-refractivity contribution is -0.171. The van der Waals surface area contributed by atoms with Crippen LogP contribution in [0.25, 0.3) is 0 Å². The Labute approximate surface area is 185 Å². The first-order valence-electron chi connectivity index (χ1n) is 9.71. The fourth-order valence-electron chi connectivity index (χ4n) is 2.71. The van der Waals surface area contributed by atoms with Crippen molar-refractivity contribution in [1.29, 1.82) is 0 Å². The smallest absolute Gasteiger partial charge is 0.462 e. The van der Waals surface area contributed by atoms with Gasteiger partial charge in [0.05, 0.1) is 5.41 Å². The minimum atomic E-state index is -1.28. The zero-order chi connectivity index (χ0) is 24.0. The molecule has 3 fully saturated rings. The predicted molar refractivity (Wildman–Crippen MR) is 94.3 cm³/mol. The average molecular weight is 476 g/mol. The summed E-state index contributed by atoms with van der Waals surface area (Å²) in [6.07, 6.45) is -6.73. The molecular formula is C18H20O15. The number of hydrogen-bond acceptors (Lipinski definition) is 15. The Morgan fingerprint density at radius 3 is 1.21 bits per heavy atom. The third-order valence-electron chi connectivity index (χ3n) is 4.87. The van der Waals surface area contributed by atoms with Gasteiger partial charge in [-0.15, -0.1) is 0 Å². The van der Waals surface area contributed by atoms with Crippen molar-refractivity contribution in [3.63, 3.8) is 0 Å². The van der Waals surface area contributed by atoms with Gasteiger partial charge in [0.2, 0.25) is 18.3 Å². The van der Waals surface area contributed by atoms with E-state index in [0.717, 1.165) is 0 Å². The number of rotatable bonds is 10. The summed E-state index contributed by atoms with van der Waals surface area (Å²) in [4.78, 5) is 69.6. The van der Waals surface area contributed by atoms with Gasteiger partial charge in [0.25, 0.3) is 0 Å². The minimum Gasteiger partial charge on any atom is -0.462 e. The van der Waals surface area contributed by atoms with Crippen molar-refractivity contribution in [3.05, 3.63) is 0 Å². The van der Waals surface area contributed by atoms with E-state index >= 15 is 0 Å². The molecule has 3 unspecified atom stereocenters. The third kappa shape index (κ3) is 6.14. The highest BCUT2D eigenvalue weighted by molar-refractivity contribution is 5.81. The first-order valence-corrected chi connectivity index (χ1v) is 9.71. The summed E-state index contributed by atoms with van der Waals surface area (Å²) in [5.74, 6) is -2.77. The van der Waals surface area contributed by atoms with E-state index < -0.39 is 79.9 Å². The summed E-state index contributed by atoms with van der Waals surface area (Å²) in [6, 6.07) is 0. The standard InChI is InChI=1S/C18H20O15/c1-2-18(6-28-12(19)9-3-25-15(22)31-9,7-29-13(20)10-4-26-16(23)32-10)8-30-14(21)11-5-27-17(24)33-11/h9-11H,2-8H2,1H3. The van der Waals surface area contributed by atoms with Gasteiger partial charge in [0.1, 0.15) is 39.6 Å². The minimum absolute atomic E-state index is 0.170. The van der Waals surface area contributed by atoms with Crippen LogP contribution in [0.3, 0.4) is 0 Å². The first kappa shape index (κ1) is 23.9. The lowest BCUT2D eigenvalue weighted by Crippen LogP contribution is -2.42. The van der Waals surface area contributed by atoms with Gasteiger partial charge in [0, 0.05) is 0 Å². The maximum absolute atomic E-state index is 12.2. The quantitative estimate of drug-likeness (QED) is 0.293. The van der Waals surface area contributed by atoms with Gasteiger partial charge >= 0.3 is 36.4 Å². The number of ether oxygens (including phenoxy) is 9. The van der Waals surface area contributed by atoms with Crippen LogP contribution in [-0.2, 0) is 57.0 Å². The molecule has 3 heterocycles. The molecule has 0 aliphatic carbocycles. The number of hydrogen-bond donors (Lipinski definition) is 0. The van der Waals surface area contributed by atoms with Crippen LogP contribution < -0.4 is 0 Å². The molecule has 0 aromatic carbocycles. The van der Waals surface area contributed by atoms with Crippen LogP contribution in [-0.4, -0.2) is 94.3 Å². The molecule has 3 saturated heterocycles. The highest BCUT2D eigenvalue weighted by Crippen LogP contribution is 2.26. The van der Waals surface area contributed by atoms with Crippen molar-refractivity contribution >= 4 is 36.4 Å². The van der Waals surface area contributed by atoms with E-state index in [4.69, 9.17) is 14.2 Å². The van der Waals surface area contributed by atoms with Gasteiger partial charge in [-0.1, -0.05) is 6.92 Å². The van der Waals surface area contributed by atoms with Crippen LogP contribution >= 0.6 is 0 Å². The van der Waals surface area contributed by atoms with Crippen molar-refractivity contribution in [2.45, 2.75) is 31.7 Å². The van der Waals surface area contributed by atoms with E-state index in [1.54, 1.807) is 6.92 Å². The zero-order valence-corrected chi connectivity index (χ0v) is 17.3. The molecule has 182 valence electrons. The summed E-state index contributed by atoms with van der Waals surface area (Å²) in [6.45, 7) is -0.606. The second kappa shape index (κ2) is 10.2. The SMILES string of the molecule is CCC(COC(=O)C1COC(=O)O1)(COC(=O)C1COC(=O)O1)COC(=O)C1COC(=O)O1. The molecule has 15 nitrogen and oxygen atoms in total. The van der Waals surface area contributed by atoms with Crippen LogP contribution in [0.2, 0.25) is 0 Å². The zero-order valence-electron chi connectivity index (χ0n) is 17.3. The fourth-order valence-corrected chi connectivity index (χ4v) is 2.71. The molecule has 15 heteroatoms. The maximum atomic E-state index is 12.2. The number of carbonyl (C=O) groups is 6. The Kier molecular flexibility index (Phi) is 7.40. The maximum Gasteiger partial charge on any atom is 0.509 e. The van der Waals surface area contributed by atoms with Crippen molar-refractivity contribution in [2.24, 2.45) is 5.41 Å². The Morgan fingerprint density at radius 2 is 1.00 bits per heavy atom. The van der Waals surface area contributed by atoms with Crippen molar-refractivity contribution in [1.82, 2.24) is 0 Å².